The van der Waals surface area contributed by atoms with Crippen molar-refractivity contribution in [2.75, 3.05) is 12.0 Å². The van der Waals surface area contributed by atoms with Crippen molar-refractivity contribution in [2.24, 2.45) is 11.8 Å². The van der Waals surface area contributed by atoms with E-state index in [1.54, 1.807) is 12.1 Å². The molecule has 162 valence electrons. The number of aldehydes is 1. The quantitative estimate of drug-likeness (QED) is 0.357. The number of benzene rings is 3. The zero-order valence-corrected chi connectivity index (χ0v) is 17.7. The number of esters is 1. The predicted octanol–water partition coefficient (Wildman–Crippen LogP) is 3.22. The fourth-order valence-electron chi connectivity index (χ4n) is 6.15. The van der Waals surface area contributed by atoms with Crippen LogP contribution in [0.2, 0.25) is 0 Å². The van der Waals surface area contributed by atoms with Gasteiger partial charge in [0.2, 0.25) is 11.8 Å². The minimum Gasteiger partial charge on any atom is -0.465 e. The molecule has 1 heterocycles. The van der Waals surface area contributed by atoms with Gasteiger partial charge in [-0.15, -0.1) is 0 Å². The van der Waals surface area contributed by atoms with E-state index in [2.05, 4.69) is 0 Å². The largest absolute Gasteiger partial charge is 0.465 e. The lowest BCUT2D eigenvalue weighted by atomic mass is 9.48. The fraction of sp³-hybridized carbons (Fsp3) is 0.185. The minimum atomic E-state index is -1.22. The Balaban J connectivity index is 1.55. The van der Waals surface area contributed by atoms with Gasteiger partial charge in [-0.05, 0) is 46.5 Å². The van der Waals surface area contributed by atoms with E-state index in [0.717, 1.165) is 28.5 Å². The molecule has 0 spiro atoms. The summed E-state index contributed by atoms with van der Waals surface area (Å²) >= 11 is 0. The summed E-state index contributed by atoms with van der Waals surface area (Å²) in [6, 6.07) is 21.4. The number of anilines is 1. The summed E-state index contributed by atoms with van der Waals surface area (Å²) in [6.45, 7) is 0. The van der Waals surface area contributed by atoms with Crippen LogP contribution in [0.3, 0.4) is 0 Å². The van der Waals surface area contributed by atoms with Gasteiger partial charge in [0.1, 0.15) is 6.29 Å². The van der Waals surface area contributed by atoms with Crippen LogP contribution in [0.15, 0.2) is 72.8 Å². The molecule has 1 saturated heterocycles. The van der Waals surface area contributed by atoms with Crippen LogP contribution >= 0.6 is 0 Å². The highest BCUT2D eigenvalue weighted by atomic mass is 16.5. The third-order valence-corrected chi connectivity index (χ3v) is 7.42. The van der Waals surface area contributed by atoms with Gasteiger partial charge in [0.15, 0.2) is 0 Å². The van der Waals surface area contributed by atoms with Crippen molar-refractivity contribution in [3.8, 4) is 0 Å². The SMILES string of the molecule is COC(=O)c1ccc(N2C(=O)[C@@H]3[C@@H](C2=O)C2c4ccccc4C3(C=O)c3ccccc32)cc1. The molecule has 0 radical (unpaired) electrons. The van der Waals surface area contributed by atoms with Crippen LogP contribution in [0.5, 0.6) is 0 Å². The number of ether oxygens (including phenoxy) is 1. The van der Waals surface area contributed by atoms with Gasteiger partial charge in [-0.2, -0.15) is 0 Å². The molecule has 4 aliphatic rings. The number of imide groups is 1. The van der Waals surface area contributed by atoms with Gasteiger partial charge >= 0.3 is 5.97 Å². The van der Waals surface area contributed by atoms with Crippen LogP contribution in [0.1, 0.15) is 38.5 Å². The highest BCUT2D eigenvalue weighted by molar-refractivity contribution is 6.24. The maximum atomic E-state index is 13.9. The predicted molar refractivity (Wildman–Crippen MR) is 119 cm³/mol. The number of hydrogen-bond donors (Lipinski definition) is 0. The van der Waals surface area contributed by atoms with Crippen molar-refractivity contribution >= 4 is 29.8 Å². The van der Waals surface area contributed by atoms with Crippen molar-refractivity contribution in [3.63, 3.8) is 0 Å². The van der Waals surface area contributed by atoms with Crippen molar-refractivity contribution in [1.82, 2.24) is 0 Å². The van der Waals surface area contributed by atoms with Crippen LogP contribution < -0.4 is 4.90 Å². The lowest BCUT2D eigenvalue weighted by Crippen LogP contribution is -2.54. The van der Waals surface area contributed by atoms with Crippen molar-refractivity contribution in [1.29, 1.82) is 0 Å². The highest BCUT2D eigenvalue weighted by Crippen LogP contribution is 2.63. The first kappa shape index (κ1) is 19.6. The summed E-state index contributed by atoms with van der Waals surface area (Å²) in [6.07, 6.45) is 0.854. The fourth-order valence-corrected chi connectivity index (χ4v) is 6.15. The summed E-state index contributed by atoms with van der Waals surface area (Å²) < 4.78 is 4.73. The summed E-state index contributed by atoms with van der Waals surface area (Å²) in [5.74, 6) is -3.02. The molecule has 0 N–H and O–H groups in total. The molecule has 1 aliphatic heterocycles. The van der Waals surface area contributed by atoms with E-state index in [1.165, 1.54) is 24.1 Å². The zero-order chi connectivity index (χ0) is 22.9. The van der Waals surface area contributed by atoms with E-state index in [0.29, 0.717) is 11.3 Å². The van der Waals surface area contributed by atoms with Crippen molar-refractivity contribution in [2.45, 2.75) is 11.3 Å². The van der Waals surface area contributed by atoms with Crippen molar-refractivity contribution < 1.29 is 23.9 Å². The van der Waals surface area contributed by atoms with Crippen LogP contribution in [0.4, 0.5) is 5.69 Å². The number of carbonyl (C=O) groups is 4. The summed E-state index contributed by atoms with van der Waals surface area (Å²) in [4.78, 5) is 53.5. The number of rotatable bonds is 3. The second kappa shape index (κ2) is 6.72. The Labute approximate surface area is 189 Å². The van der Waals surface area contributed by atoms with Gasteiger partial charge in [0, 0.05) is 5.92 Å². The van der Waals surface area contributed by atoms with Crippen LogP contribution in [-0.2, 0) is 24.5 Å². The minimum absolute atomic E-state index is 0.306. The van der Waals surface area contributed by atoms with Gasteiger partial charge in [0.05, 0.1) is 35.6 Å². The average Bonchev–Trinajstić information content (AvgIpc) is 3.14. The average molecular weight is 437 g/mol. The maximum Gasteiger partial charge on any atom is 0.337 e. The number of nitrogens with zero attached hydrogens (tertiary/aromatic N) is 1. The van der Waals surface area contributed by atoms with E-state index in [1.807, 2.05) is 48.5 Å². The molecule has 6 heteroatoms. The van der Waals surface area contributed by atoms with Crippen LogP contribution in [0.25, 0.3) is 0 Å². The molecule has 2 bridgehead atoms. The topological polar surface area (TPSA) is 80.8 Å². The number of hydrogen-bond acceptors (Lipinski definition) is 5. The highest BCUT2D eigenvalue weighted by Gasteiger charge is 2.68. The molecule has 0 aromatic heterocycles. The van der Waals surface area contributed by atoms with E-state index < -0.39 is 29.1 Å². The lowest BCUT2D eigenvalue weighted by Gasteiger charge is -2.51. The number of carbonyl (C=O) groups excluding carboxylic acids is 4. The molecule has 3 aliphatic carbocycles. The monoisotopic (exact) mass is 437 g/mol. The molecule has 33 heavy (non-hydrogen) atoms. The molecular weight excluding hydrogens is 418 g/mol. The Morgan fingerprint density at radius 2 is 1.45 bits per heavy atom. The molecule has 0 saturated carbocycles. The van der Waals surface area contributed by atoms with Gasteiger partial charge < -0.3 is 9.53 Å². The van der Waals surface area contributed by atoms with Crippen LogP contribution in [0, 0.1) is 11.8 Å². The summed E-state index contributed by atoms with van der Waals surface area (Å²) in [5, 5.41) is 0. The first-order chi connectivity index (χ1) is 16.0. The zero-order valence-electron chi connectivity index (χ0n) is 17.7. The molecule has 3 aromatic rings. The molecule has 2 atom stereocenters. The number of amides is 2. The normalized spacial score (nSPS) is 26.5. The van der Waals surface area contributed by atoms with E-state index >= 15 is 0 Å². The molecule has 0 unspecified atom stereocenters. The third-order valence-electron chi connectivity index (χ3n) is 7.42. The van der Waals surface area contributed by atoms with Crippen molar-refractivity contribution in [3.05, 3.63) is 101 Å². The molecule has 6 nitrogen and oxygen atoms in total. The third kappa shape index (κ3) is 2.27. The second-order valence-corrected chi connectivity index (χ2v) is 8.69. The van der Waals surface area contributed by atoms with Gasteiger partial charge in [-0.1, -0.05) is 48.5 Å². The Bertz CT molecular complexity index is 1310. The molecule has 3 aromatic carbocycles. The number of methoxy groups -OCH3 is 1. The Hall–Kier alpha value is -4.06. The molecule has 2 amide bonds. The first-order valence-corrected chi connectivity index (χ1v) is 10.8. The smallest absolute Gasteiger partial charge is 0.337 e. The van der Waals surface area contributed by atoms with E-state index in [9.17, 15) is 19.2 Å². The summed E-state index contributed by atoms with van der Waals surface area (Å²) in [5.41, 5.74) is 2.92. The van der Waals surface area contributed by atoms with Crippen LogP contribution in [-0.4, -0.2) is 31.2 Å². The van der Waals surface area contributed by atoms with Gasteiger partial charge in [-0.3, -0.25) is 9.59 Å². The maximum absolute atomic E-state index is 13.9. The van der Waals surface area contributed by atoms with Gasteiger partial charge in [0.25, 0.3) is 0 Å². The van der Waals surface area contributed by atoms with Gasteiger partial charge in [-0.25, -0.2) is 9.69 Å². The van der Waals surface area contributed by atoms with E-state index in [-0.39, 0.29) is 11.8 Å². The Kier molecular flexibility index (Phi) is 3.99. The molecule has 7 rings (SSSR count). The lowest BCUT2D eigenvalue weighted by molar-refractivity contribution is -0.128. The Morgan fingerprint density at radius 3 is 2.00 bits per heavy atom. The second-order valence-electron chi connectivity index (χ2n) is 8.69. The standard InChI is InChI=1S/C27H19NO5/c1-33-26(32)15-10-12-16(13-11-15)28-24(30)22-21-17-6-2-4-8-19(17)27(14-29,23(22)25(28)31)20-9-5-3-7-18(20)21/h2-14,21-23H,1H3/t21?,22-,23-,27?/m0/s1. The summed E-state index contributed by atoms with van der Waals surface area (Å²) in [7, 11) is 1.29. The molecule has 1 fully saturated rings. The first-order valence-electron chi connectivity index (χ1n) is 10.8. The molecular formula is C27H19NO5. The van der Waals surface area contributed by atoms with E-state index in [4.69, 9.17) is 4.74 Å². The Morgan fingerprint density at radius 1 is 0.879 bits per heavy atom.